The number of hydrogen-bond acceptors (Lipinski definition) is 6. The van der Waals surface area contributed by atoms with Gasteiger partial charge in [0.25, 0.3) is 0 Å². The van der Waals surface area contributed by atoms with Crippen molar-refractivity contribution in [3.63, 3.8) is 0 Å². The van der Waals surface area contributed by atoms with E-state index in [4.69, 9.17) is 4.74 Å². The predicted octanol–water partition coefficient (Wildman–Crippen LogP) is 3.09. The van der Waals surface area contributed by atoms with Gasteiger partial charge in [-0.25, -0.2) is 9.97 Å². The molecule has 0 amide bonds. The van der Waals surface area contributed by atoms with E-state index in [-0.39, 0.29) is 0 Å². The number of benzene rings is 1. The van der Waals surface area contributed by atoms with Crippen LogP contribution in [0.15, 0.2) is 36.7 Å². The molecule has 4 heterocycles. The lowest BCUT2D eigenvalue weighted by molar-refractivity contribution is 0.0904. The van der Waals surface area contributed by atoms with E-state index >= 15 is 0 Å². The number of hydrogen-bond donors (Lipinski definition) is 1. The number of piperidine rings is 1. The molecule has 0 spiro atoms. The molecule has 0 aliphatic carbocycles. The average molecular weight is 394 g/mol. The van der Waals surface area contributed by atoms with E-state index in [2.05, 4.69) is 55.4 Å². The summed E-state index contributed by atoms with van der Waals surface area (Å²) in [4.78, 5) is 14.1. The highest BCUT2D eigenvalue weighted by Gasteiger charge is 2.28. The van der Waals surface area contributed by atoms with Crippen molar-refractivity contribution in [2.75, 3.05) is 43.1 Å². The van der Waals surface area contributed by atoms with E-state index in [9.17, 15) is 0 Å². The third-order valence-electron chi connectivity index (χ3n) is 6.69. The second kappa shape index (κ2) is 8.67. The molecule has 29 heavy (non-hydrogen) atoms. The quantitative estimate of drug-likeness (QED) is 0.862. The van der Waals surface area contributed by atoms with Crippen LogP contribution in [0.4, 0.5) is 11.6 Å². The second-order valence-corrected chi connectivity index (χ2v) is 8.50. The molecule has 0 radical (unpaired) electrons. The third kappa shape index (κ3) is 4.38. The highest BCUT2D eigenvalue weighted by atomic mass is 16.5. The third-order valence-corrected chi connectivity index (χ3v) is 6.69. The Labute approximate surface area is 173 Å². The molecule has 3 aliphatic rings. The van der Waals surface area contributed by atoms with Crippen molar-refractivity contribution in [2.24, 2.45) is 0 Å². The van der Waals surface area contributed by atoms with Gasteiger partial charge in [0.1, 0.15) is 18.0 Å². The van der Waals surface area contributed by atoms with Gasteiger partial charge in [0.2, 0.25) is 0 Å². The van der Waals surface area contributed by atoms with Crippen LogP contribution in [0.5, 0.6) is 0 Å². The summed E-state index contributed by atoms with van der Waals surface area (Å²) >= 11 is 0. The smallest absolute Gasteiger partial charge is 0.134 e. The zero-order valence-electron chi connectivity index (χ0n) is 17.1. The summed E-state index contributed by atoms with van der Waals surface area (Å²) in [7, 11) is 0. The molecule has 1 N–H and O–H groups in total. The molecule has 0 unspecified atom stereocenters. The zero-order chi connectivity index (χ0) is 19.5. The van der Waals surface area contributed by atoms with Crippen molar-refractivity contribution < 1.29 is 4.74 Å². The number of nitrogens with zero attached hydrogens (tertiary/aromatic N) is 4. The Morgan fingerprint density at radius 3 is 2.55 bits per heavy atom. The van der Waals surface area contributed by atoms with Crippen LogP contribution in [0.3, 0.4) is 0 Å². The fraction of sp³-hybridized carbons (Fsp3) is 0.565. The largest absolute Gasteiger partial charge is 0.381 e. The maximum absolute atomic E-state index is 5.45. The fourth-order valence-electron chi connectivity index (χ4n) is 4.94. The number of anilines is 2. The number of fused-ring (bicyclic) bond motifs is 1. The minimum atomic E-state index is 0.458. The highest BCUT2D eigenvalue weighted by molar-refractivity contribution is 5.49. The number of ether oxygens (including phenoxy) is 1. The monoisotopic (exact) mass is 393 g/mol. The van der Waals surface area contributed by atoms with E-state index in [0.717, 1.165) is 57.3 Å². The fourth-order valence-corrected chi connectivity index (χ4v) is 4.94. The molecule has 0 atom stereocenters. The van der Waals surface area contributed by atoms with Gasteiger partial charge < -0.3 is 15.0 Å². The molecule has 154 valence electrons. The van der Waals surface area contributed by atoms with Crippen molar-refractivity contribution in [1.82, 2.24) is 14.9 Å². The molecule has 1 aromatic carbocycles. The van der Waals surface area contributed by atoms with Crippen LogP contribution < -0.4 is 10.2 Å². The Bertz CT molecular complexity index is 814. The van der Waals surface area contributed by atoms with Gasteiger partial charge in [-0.2, -0.15) is 0 Å². The van der Waals surface area contributed by atoms with Crippen LogP contribution >= 0.6 is 0 Å². The predicted molar refractivity (Wildman–Crippen MR) is 115 cm³/mol. The molecule has 6 nitrogen and oxygen atoms in total. The van der Waals surface area contributed by atoms with E-state index in [1.807, 2.05) is 0 Å². The molecule has 3 aliphatic heterocycles. The lowest BCUT2D eigenvalue weighted by atomic mass is 9.95. The number of rotatable bonds is 4. The van der Waals surface area contributed by atoms with Gasteiger partial charge in [-0.3, -0.25) is 4.90 Å². The lowest BCUT2D eigenvalue weighted by Crippen LogP contribution is -2.46. The normalized spacial score (nSPS) is 21.7. The SMILES string of the molecule is c1ccc2c(c1)CCN(C1CCN(c3cc(NC4CCOCC4)ncn3)CC1)C2. The van der Waals surface area contributed by atoms with Crippen LogP contribution in [-0.2, 0) is 17.7 Å². The Morgan fingerprint density at radius 2 is 1.72 bits per heavy atom. The number of nitrogens with one attached hydrogen (secondary N) is 1. The van der Waals surface area contributed by atoms with Crippen molar-refractivity contribution >= 4 is 11.6 Å². The van der Waals surface area contributed by atoms with Gasteiger partial charge in [-0.1, -0.05) is 24.3 Å². The molecule has 5 rings (SSSR count). The first kappa shape index (κ1) is 18.8. The maximum atomic E-state index is 5.45. The standard InChI is InChI=1S/C23H31N5O/c1-2-4-19-16-28(10-5-18(19)3-1)21-6-11-27(12-7-21)23-15-22(24-17-25-23)26-20-8-13-29-14-9-20/h1-4,15,17,20-21H,5-14,16H2,(H,24,25,26). The average Bonchev–Trinajstić information content (AvgIpc) is 2.80. The molecule has 2 saturated heterocycles. The molecule has 0 bridgehead atoms. The Balaban J connectivity index is 1.17. The lowest BCUT2D eigenvalue weighted by Gasteiger charge is -2.41. The summed E-state index contributed by atoms with van der Waals surface area (Å²) in [5.41, 5.74) is 3.05. The molecule has 6 heteroatoms. The van der Waals surface area contributed by atoms with E-state index in [1.54, 1.807) is 6.33 Å². The first-order valence-electron chi connectivity index (χ1n) is 11.1. The van der Waals surface area contributed by atoms with Crippen LogP contribution in [0.1, 0.15) is 36.8 Å². The highest BCUT2D eigenvalue weighted by Crippen LogP contribution is 2.27. The van der Waals surface area contributed by atoms with Crippen molar-refractivity contribution in [2.45, 2.75) is 50.7 Å². The van der Waals surface area contributed by atoms with Crippen molar-refractivity contribution in [3.8, 4) is 0 Å². The Morgan fingerprint density at radius 1 is 0.931 bits per heavy atom. The van der Waals surface area contributed by atoms with E-state index < -0.39 is 0 Å². The molecule has 2 fully saturated rings. The van der Waals surface area contributed by atoms with E-state index in [1.165, 1.54) is 36.9 Å². The Kier molecular flexibility index (Phi) is 5.63. The van der Waals surface area contributed by atoms with Gasteiger partial charge in [-0.05, 0) is 43.2 Å². The molecule has 0 saturated carbocycles. The van der Waals surface area contributed by atoms with Crippen LogP contribution in [-0.4, -0.2) is 59.8 Å². The van der Waals surface area contributed by atoms with Crippen LogP contribution in [0, 0.1) is 0 Å². The molecular formula is C23H31N5O. The summed E-state index contributed by atoms with van der Waals surface area (Å²) < 4.78 is 5.45. The first-order valence-corrected chi connectivity index (χ1v) is 11.1. The van der Waals surface area contributed by atoms with Gasteiger partial charge in [0.05, 0.1) is 0 Å². The summed E-state index contributed by atoms with van der Waals surface area (Å²) in [6, 6.07) is 12.2. The minimum absolute atomic E-state index is 0.458. The topological polar surface area (TPSA) is 53.5 Å². The van der Waals surface area contributed by atoms with Crippen molar-refractivity contribution in [3.05, 3.63) is 47.8 Å². The van der Waals surface area contributed by atoms with E-state index in [0.29, 0.717) is 12.1 Å². The summed E-state index contributed by atoms with van der Waals surface area (Å²) in [6.07, 6.45) is 7.38. The van der Waals surface area contributed by atoms with Crippen LogP contribution in [0.25, 0.3) is 0 Å². The van der Waals surface area contributed by atoms with Gasteiger partial charge in [0.15, 0.2) is 0 Å². The first-order chi connectivity index (χ1) is 14.3. The second-order valence-electron chi connectivity index (χ2n) is 8.50. The summed E-state index contributed by atoms with van der Waals surface area (Å²) in [5, 5.41) is 3.56. The summed E-state index contributed by atoms with van der Waals surface area (Å²) in [6.45, 7) is 6.10. The molecule has 1 aromatic heterocycles. The maximum Gasteiger partial charge on any atom is 0.134 e. The van der Waals surface area contributed by atoms with Gasteiger partial charge >= 0.3 is 0 Å². The van der Waals surface area contributed by atoms with Gasteiger partial charge in [-0.15, -0.1) is 0 Å². The molecular weight excluding hydrogens is 362 g/mol. The molecule has 2 aromatic rings. The Hall–Kier alpha value is -2.18. The van der Waals surface area contributed by atoms with Crippen molar-refractivity contribution in [1.29, 1.82) is 0 Å². The zero-order valence-corrected chi connectivity index (χ0v) is 17.1. The van der Waals surface area contributed by atoms with Crippen LogP contribution in [0.2, 0.25) is 0 Å². The number of aromatic nitrogens is 2. The minimum Gasteiger partial charge on any atom is -0.381 e. The van der Waals surface area contributed by atoms with Gasteiger partial charge in [0, 0.05) is 57.5 Å². The summed E-state index contributed by atoms with van der Waals surface area (Å²) in [5.74, 6) is 1.99.